The maximum atomic E-state index is 13.5. The van der Waals surface area contributed by atoms with Crippen LogP contribution >= 0.6 is 0 Å². The van der Waals surface area contributed by atoms with Crippen LogP contribution in [0.1, 0.15) is 225 Å². The molecule has 0 fully saturated rings. The zero-order chi connectivity index (χ0) is 51.7. The van der Waals surface area contributed by atoms with Gasteiger partial charge in [-0.15, -0.1) is 0 Å². The third-order valence-corrected chi connectivity index (χ3v) is 13.3. The molecule has 0 bridgehead atoms. The second-order valence-corrected chi connectivity index (χ2v) is 19.6. The molecule has 0 spiro atoms. The summed E-state index contributed by atoms with van der Waals surface area (Å²) in [5, 5.41) is 26.4. The van der Waals surface area contributed by atoms with Crippen LogP contribution in [0.4, 0.5) is 0 Å². The topological polar surface area (TPSA) is 228 Å². The summed E-state index contributed by atoms with van der Waals surface area (Å²) in [4.78, 5) is 93.7. The van der Waals surface area contributed by atoms with E-state index < -0.39 is 60.7 Å². The van der Waals surface area contributed by atoms with Gasteiger partial charge in [0.1, 0.15) is 18.1 Å². The van der Waals surface area contributed by atoms with Crippen LogP contribution in [0.5, 0.6) is 0 Å². The smallest absolute Gasteiger partial charge is 0.305 e. The number of carboxylic acid groups (broad SMARTS) is 1. The van der Waals surface area contributed by atoms with E-state index in [1.807, 2.05) is 24.3 Å². The van der Waals surface area contributed by atoms with E-state index in [9.17, 15) is 38.7 Å². The number of carboxylic acids is 1. The Hall–Kier alpha value is -4.95. The Bertz CT molecular complexity index is 1800. The molecule has 15 nitrogen and oxygen atoms in total. The van der Waals surface area contributed by atoms with Crippen LogP contribution in [0.25, 0.3) is 10.9 Å². The highest BCUT2D eigenvalue weighted by Gasteiger charge is 2.29. The van der Waals surface area contributed by atoms with Crippen molar-refractivity contribution in [3.8, 4) is 0 Å². The molecule has 3 atom stereocenters. The quantitative estimate of drug-likeness (QED) is 0.0297. The van der Waals surface area contributed by atoms with E-state index in [-0.39, 0.29) is 31.1 Å². The summed E-state index contributed by atoms with van der Waals surface area (Å²) in [5.74, 6) is -4.42. The Morgan fingerprint density at radius 2 is 1.00 bits per heavy atom. The van der Waals surface area contributed by atoms with Crippen LogP contribution in [-0.4, -0.2) is 89.8 Å². The van der Waals surface area contributed by atoms with E-state index in [1.165, 1.54) is 129 Å². The van der Waals surface area contributed by atoms with Gasteiger partial charge in [0.05, 0.1) is 13.0 Å². The van der Waals surface area contributed by atoms with Crippen LogP contribution in [-0.2, 0) is 40.0 Å². The third kappa shape index (κ3) is 30.5. The number of fused-ring (bicyclic) bond motifs is 1. The predicted octanol–water partition coefficient (Wildman–Crippen LogP) is 9.75. The summed E-state index contributed by atoms with van der Waals surface area (Å²) in [6.45, 7) is 4.34. The number of carbonyl (C=O) groups excluding carboxylic acids is 6. The number of hydrogen-bond acceptors (Lipinski definition) is 7. The van der Waals surface area contributed by atoms with Crippen LogP contribution in [0.3, 0.4) is 0 Å². The molecule has 0 saturated heterocycles. The van der Waals surface area contributed by atoms with Crippen LogP contribution < -0.4 is 31.9 Å². The largest absolute Gasteiger partial charge is 0.481 e. The van der Waals surface area contributed by atoms with Gasteiger partial charge >= 0.3 is 5.97 Å². The fraction of sp³-hybridized carbons (Fsp3) is 0.732. The lowest BCUT2D eigenvalue weighted by molar-refractivity contribution is -0.141. The van der Waals surface area contributed by atoms with Crippen LogP contribution in [0.2, 0.25) is 0 Å². The van der Waals surface area contributed by atoms with Gasteiger partial charge in [-0.1, -0.05) is 186 Å². The molecular formula is C56H95N7O8. The van der Waals surface area contributed by atoms with Gasteiger partial charge in [-0.3, -0.25) is 33.6 Å². The SMILES string of the molecule is CCCCCCCCCCCCCCCC(=O)NCCCCC(NC(=O)CCCCCCCCCCCCCCC)C(=O)NCC(=O)NC(CC(=O)O)C(=O)NC(Cc1c[nH]c2ccccc12)C(=O)NC. The maximum Gasteiger partial charge on any atom is 0.305 e. The first-order valence-corrected chi connectivity index (χ1v) is 27.9. The number of aromatic nitrogens is 1. The molecule has 1 aromatic carbocycles. The Morgan fingerprint density at radius 1 is 0.507 bits per heavy atom. The number of likely N-dealkylation sites (N-methyl/N-ethyl adjacent to an activating group) is 1. The van der Waals surface area contributed by atoms with Crippen LogP contribution in [0.15, 0.2) is 30.5 Å². The lowest BCUT2D eigenvalue weighted by Gasteiger charge is -2.22. The van der Waals surface area contributed by atoms with E-state index in [4.69, 9.17) is 0 Å². The molecule has 2 rings (SSSR count). The van der Waals surface area contributed by atoms with E-state index in [1.54, 1.807) is 6.20 Å². The standard InChI is InChI=1S/C56H95N7O8/c1-4-6-8-10-12-14-16-18-20-22-24-26-28-37-50(64)58-39-33-32-36-47(61-51(65)38-29-27-25-23-21-19-17-15-13-11-9-7-5-2)55(70)60-43-52(66)62-49(41-53(67)68)56(71)63-48(54(69)57-3)40-44-42-59-46-35-31-30-34-45(44)46/h30-31,34-35,42,47-49,59H,4-29,32-33,36-41,43H2,1-3H3,(H,57,69)(H,58,64)(H,60,70)(H,61,65)(H,62,66)(H,63,71)(H,67,68). The monoisotopic (exact) mass is 994 g/mol. The Kier molecular flexibility index (Phi) is 35.6. The lowest BCUT2D eigenvalue weighted by Crippen LogP contribution is -2.56. The molecule has 0 aliphatic rings. The third-order valence-electron chi connectivity index (χ3n) is 13.3. The number of para-hydroxylation sites is 1. The maximum absolute atomic E-state index is 13.5. The van der Waals surface area contributed by atoms with Crippen molar-refractivity contribution in [3.63, 3.8) is 0 Å². The molecule has 3 unspecified atom stereocenters. The van der Waals surface area contributed by atoms with Gasteiger partial charge in [0.2, 0.25) is 35.4 Å². The zero-order valence-electron chi connectivity index (χ0n) is 44.2. The van der Waals surface area contributed by atoms with Gasteiger partial charge in [-0.05, 0) is 43.7 Å². The molecule has 0 saturated carbocycles. The van der Waals surface area contributed by atoms with Crippen molar-refractivity contribution in [3.05, 3.63) is 36.0 Å². The van der Waals surface area contributed by atoms with Crippen molar-refractivity contribution in [1.82, 2.24) is 36.9 Å². The number of nitrogens with one attached hydrogen (secondary N) is 7. The van der Waals surface area contributed by atoms with Crippen LogP contribution in [0, 0.1) is 0 Å². The molecule has 2 aromatic rings. The Labute approximate surface area is 426 Å². The van der Waals surface area contributed by atoms with Crippen molar-refractivity contribution in [1.29, 1.82) is 0 Å². The average Bonchev–Trinajstić information content (AvgIpc) is 3.77. The first-order chi connectivity index (χ1) is 34.5. The molecule has 0 aliphatic carbocycles. The number of hydrogen-bond donors (Lipinski definition) is 8. The molecular weight excluding hydrogens is 899 g/mol. The Balaban J connectivity index is 1.86. The summed E-state index contributed by atoms with van der Waals surface area (Å²) in [7, 11) is 1.42. The first kappa shape index (κ1) is 62.2. The lowest BCUT2D eigenvalue weighted by atomic mass is 10.0. The number of aromatic amines is 1. The number of rotatable bonds is 45. The normalized spacial score (nSPS) is 12.4. The van der Waals surface area contributed by atoms with Gasteiger partial charge in [0.15, 0.2) is 0 Å². The minimum atomic E-state index is -1.55. The molecule has 15 heteroatoms. The summed E-state index contributed by atoms with van der Waals surface area (Å²) in [6.07, 6.45) is 34.7. The van der Waals surface area contributed by atoms with E-state index in [0.717, 1.165) is 55.0 Å². The molecule has 0 radical (unpaired) electrons. The van der Waals surface area contributed by atoms with Gasteiger partial charge in [0.25, 0.3) is 0 Å². The number of benzene rings is 1. The number of carbonyl (C=O) groups is 7. The minimum absolute atomic E-state index is 0.00722. The molecule has 1 aromatic heterocycles. The fourth-order valence-electron chi connectivity index (χ4n) is 9.03. The minimum Gasteiger partial charge on any atom is -0.481 e. The van der Waals surface area contributed by atoms with Crippen molar-refractivity contribution in [2.45, 2.75) is 244 Å². The fourth-order valence-corrected chi connectivity index (χ4v) is 9.03. The highest BCUT2D eigenvalue weighted by Crippen LogP contribution is 2.20. The Morgan fingerprint density at radius 3 is 1.52 bits per heavy atom. The van der Waals surface area contributed by atoms with Gasteiger partial charge in [-0.2, -0.15) is 0 Å². The molecule has 6 amide bonds. The number of unbranched alkanes of at least 4 members (excludes halogenated alkanes) is 25. The average molecular weight is 994 g/mol. The first-order valence-electron chi connectivity index (χ1n) is 27.9. The molecule has 1 heterocycles. The van der Waals surface area contributed by atoms with Crippen molar-refractivity contribution in [2.24, 2.45) is 0 Å². The van der Waals surface area contributed by atoms with Gasteiger partial charge < -0.3 is 42.0 Å². The highest BCUT2D eigenvalue weighted by molar-refractivity contribution is 5.96. The van der Waals surface area contributed by atoms with E-state index in [2.05, 4.69) is 50.7 Å². The zero-order valence-corrected chi connectivity index (χ0v) is 44.2. The number of aliphatic carboxylic acids is 1. The molecule has 0 aliphatic heterocycles. The van der Waals surface area contributed by atoms with Crippen molar-refractivity contribution >= 4 is 52.3 Å². The van der Waals surface area contributed by atoms with Crippen molar-refractivity contribution in [2.75, 3.05) is 20.1 Å². The summed E-state index contributed by atoms with van der Waals surface area (Å²) in [6, 6.07) is 3.89. The molecule has 8 N–H and O–H groups in total. The summed E-state index contributed by atoms with van der Waals surface area (Å²) < 4.78 is 0. The van der Waals surface area contributed by atoms with Gasteiger partial charge in [0, 0.05) is 50.0 Å². The summed E-state index contributed by atoms with van der Waals surface area (Å²) >= 11 is 0. The second kappa shape index (κ2) is 40.6. The van der Waals surface area contributed by atoms with Crippen molar-refractivity contribution < 1.29 is 38.7 Å². The number of H-pyrrole nitrogens is 1. The molecule has 402 valence electrons. The predicted molar refractivity (Wildman–Crippen MR) is 285 cm³/mol. The highest BCUT2D eigenvalue weighted by atomic mass is 16.4. The second-order valence-electron chi connectivity index (χ2n) is 19.6. The van der Waals surface area contributed by atoms with E-state index >= 15 is 0 Å². The molecule has 71 heavy (non-hydrogen) atoms. The number of amides is 6. The van der Waals surface area contributed by atoms with Gasteiger partial charge in [-0.25, -0.2) is 0 Å². The summed E-state index contributed by atoms with van der Waals surface area (Å²) in [5.41, 5.74) is 1.60. The van der Waals surface area contributed by atoms with E-state index in [0.29, 0.717) is 32.2 Å².